The Bertz CT molecular complexity index is 1240. The molecule has 1 heterocycles. The van der Waals surface area contributed by atoms with Crippen molar-refractivity contribution < 1.29 is 50.0 Å². The number of aliphatic hydroxyl groups excluding tert-OH is 7. The highest BCUT2D eigenvalue weighted by atomic mass is 16.7. The number of ether oxygens (including phenoxy) is 2. The first kappa shape index (κ1) is 72.9. The average Bonchev–Trinajstić information content (AvgIpc) is 3.42. The summed E-state index contributed by atoms with van der Waals surface area (Å²) >= 11 is 0. The van der Waals surface area contributed by atoms with Gasteiger partial charge in [0.1, 0.15) is 36.6 Å². The van der Waals surface area contributed by atoms with Gasteiger partial charge in [0.2, 0.25) is 5.91 Å². The third kappa shape index (κ3) is 41.8. The van der Waals surface area contributed by atoms with Crippen molar-refractivity contribution in [3.63, 3.8) is 0 Å². The van der Waals surface area contributed by atoms with E-state index in [1.165, 1.54) is 238 Å². The van der Waals surface area contributed by atoms with E-state index in [1.807, 2.05) is 0 Å². The average molecular weight is 1080 g/mol. The summed E-state index contributed by atoms with van der Waals surface area (Å²) in [5.74, 6) is -0.695. The standard InChI is InChI=1S/C65H127NO10/c1-3-5-7-9-11-13-15-17-19-21-23-25-26-27-28-29-30-31-32-33-35-36-38-40-42-44-46-48-50-52-57(68)60(70)56(55-75-65-63(73)62(72)61(71)59(54-67)76-65)66-64(74)58(69)53-51-49-47-45-43-41-39-37-34-24-22-20-18-16-14-12-10-8-6-4-2/h34,37,56-63,65,67-73H,3-33,35-36,38-55H2,1-2H3,(H,66,74)/b37-34-. The van der Waals surface area contributed by atoms with Crippen molar-refractivity contribution in [1.29, 1.82) is 0 Å². The van der Waals surface area contributed by atoms with Gasteiger partial charge in [0.05, 0.1) is 25.4 Å². The van der Waals surface area contributed by atoms with Crippen LogP contribution in [0.5, 0.6) is 0 Å². The van der Waals surface area contributed by atoms with Gasteiger partial charge in [0, 0.05) is 0 Å². The molecule has 8 N–H and O–H groups in total. The fourth-order valence-electron chi connectivity index (χ4n) is 11.0. The minimum absolute atomic E-state index is 0.256. The van der Waals surface area contributed by atoms with Crippen LogP contribution < -0.4 is 5.32 Å². The van der Waals surface area contributed by atoms with E-state index in [9.17, 15) is 40.5 Å². The lowest BCUT2D eigenvalue weighted by Gasteiger charge is -2.40. The molecular formula is C65H127NO10. The second-order valence-corrected chi connectivity index (χ2v) is 23.5. The van der Waals surface area contributed by atoms with Crippen molar-refractivity contribution in [2.24, 2.45) is 0 Å². The highest BCUT2D eigenvalue weighted by Gasteiger charge is 2.44. The zero-order valence-electron chi connectivity index (χ0n) is 49.8. The lowest BCUT2D eigenvalue weighted by molar-refractivity contribution is -0.303. The van der Waals surface area contributed by atoms with Crippen LogP contribution in [-0.4, -0.2) is 110 Å². The molecule has 9 atom stereocenters. The Morgan fingerprint density at radius 2 is 0.763 bits per heavy atom. The van der Waals surface area contributed by atoms with Gasteiger partial charge in [-0.2, -0.15) is 0 Å². The smallest absolute Gasteiger partial charge is 0.249 e. The largest absolute Gasteiger partial charge is 0.394 e. The number of hydrogen-bond acceptors (Lipinski definition) is 10. The van der Waals surface area contributed by atoms with Crippen LogP contribution in [0.2, 0.25) is 0 Å². The fourth-order valence-corrected chi connectivity index (χ4v) is 11.0. The summed E-state index contributed by atoms with van der Waals surface area (Å²) in [5.41, 5.74) is 0. The molecular weight excluding hydrogens is 955 g/mol. The second kappa shape index (κ2) is 54.4. The lowest BCUT2D eigenvalue weighted by atomic mass is 9.98. The van der Waals surface area contributed by atoms with Crippen molar-refractivity contribution in [3.05, 3.63) is 12.2 Å². The molecule has 11 heteroatoms. The first-order chi connectivity index (χ1) is 37.2. The Kier molecular flexibility index (Phi) is 52.2. The molecule has 0 aromatic heterocycles. The summed E-state index contributed by atoms with van der Waals surface area (Å²) in [6, 6.07) is -1.17. The lowest BCUT2D eigenvalue weighted by Crippen LogP contribution is -2.60. The third-order valence-electron chi connectivity index (χ3n) is 16.3. The number of rotatable bonds is 58. The van der Waals surface area contributed by atoms with Gasteiger partial charge in [-0.25, -0.2) is 0 Å². The number of carbonyl (C=O) groups excluding carboxylic acids is 1. The van der Waals surface area contributed by atoms with Gasteiger partial charge >= 0.3 is 0 Å². The number of amides is 1. The summed E-state index contributed by atoms with van der Waals surface area (Å²) in [6.07, 6.45) is 54.2. The van der Waals surface area contributed by atoms with E-state index >= 15 is 0 Å². The van der Waals surface area contributed by atoms with Crippen LogP contribution in [-0.2, 0) is 14.3 Å². The van der Waals surface area contributed by atoms with Gasteiger partial charge in [-0.1, -0.05) is 302 Å². The summed E-state index contributed by atoms with van der Waals surface area (Å²) in [7, 11) is 0. The van der Waals surface area contributed by atoms with Crippen LogP contribution in [0.1, 0.15) is 328 Å². The second-order valence-electron chi connectivity index (χ2n) is 23.5. The molecule has 11 nitrogen and oxygen atoms in total. The van der Waals surface area contributed by atoms with Gasteiger partial charge in [-0.3, -0.25) is 4.79 Å². The molecule has 452 valence electrons. The third-order valence-corrected chi connectivity index (χ3v) is 16.3. The highest BCUT2D eigenvalue weighted by Crippen LogP contribution is 2.24. The number of hydrogen-bond donors (Lipinski definition) is 8. The summed E-state index contributed by atoms with van der Waals surface area (Å²) in [5, 5.41) is 76.4. The molecule has 1 fully saturated rings. The zero-order valence-corrected chi connectivity index (χ0v) is 49.8. The van der Waals surface area contributed by atoms with Crippen LogP contribution in [0.25, 0.3) is 0 Å². The molecule has 9 unspecified atom stereocenters. The maximum absolute atomic E-state index is 13.2. The summed E-state index contributed by atoms with van der Waals surface area (Å²) in [4.78, 5) is 13.2. The Morgan fingerprint density at radius 3 is 1.11 bits per heavy atom. The van der Waals surface area contributed by atoms with Crippen LogP contribution in [0.3, 0.4) is 0 Å². The van der Waals surface area contributed by atoms with Crippen LogP contribution in [0, 0.1) is 0 Å². The Labute approximate surface area is 468 Å². The molecule has 76 heavy (non-hydrogen) atoms. The zero-order chi connectivity index (χ0) is 55.4. The molecule has 0 aliphatic carbocycles. The maximum atomic E-state index is 13.2. The molecule has 0 radical (unpaired) electrons. The van der Waals surface area contributed by atoms with E-state index in [-0.39, 0.29) is 6.42 Å². The van der Waals surface area contributed by atoms with Gasteiger partial charge in [-0.05, 0) is 38.5 Å². The van der Waals surface area contributed by atoms with Crippen LogP contribution in [0.4, 0.5) is 0 Å². The van der Waals surface area contributed by atoms with Gasteiger partial charge in [0.15, 0.2) is 6.29 Å². The number of carbonyl (C=O) groups is 1. The predicted molar refractivity (Wildman–Crippen MR) is 316 cm³/mol. The quantitative estimate of drug-likeness (QED) is 0.0215. The topological polar surface area (TPSA) is 189 Å². The number of nitrogens with one attached hydrogen (secondary N) is 1. The highest BCUT2D eigenvalue weighted by molar-refractivity contribution is 5.80. The number of unbranched alkanes of at least 4 members (excludes halogenated alkanes) is 44. The minimum Gasteiger partial charge on any atom is -0.394 e. The first-order valence-corrected chi connectivity index (χ1v) is 33.1. The molecule has 0 spiro atoms. The van der Waals surface area contributed by atoms with Crippen molar-refractivity contribution >= 4 is 5.91 Å². The maximum Gasteiger partial charge on any atom is 0.249 e. The normalized spacial score (nSPS) is 19.6. The van der Waals surface area contributed by atoms with Crippen LogP contribution in [0.15, 0.2) is 12.2 Å². The van der Waals surface area contributed by atoms with Crippen molar-refractivity contribution in [1.82, 2.24) is 5.32 Å². The van der Waals surface area contributed by atoms with E-state index < -0.39 is 74.2 Å². The summed E-state index contributed by atoms with van der Waals surface area (Å²) < 4.78 is 11.2. The van der Waals surface area contributed by atoms with Gasteiger partial charge < -0.3 is 50.5 Å². The number of allylic oxidation sites excluding steroid dienone is 2. The monoisotopic (exact) mass is 1080 g/mol. The van der Waals surface area contributed by atoms with E-state index in [0.717, 1.165) is 51.4 Å². The van der Waals surface area contributed by atoms with E-state index in [2.05, 4.69) is 31.3 Å². The van der Waals surface area contributed by atoms with Crippen molar-refractivity contribution in [2.45, 2.75) is 384 Å². The molecule has 0 bridgehead atoms. The fraction of sp³-hybridized carbons (Fsp3) is 0.954. The molecule has 1 aliphatic rings. The molecule has 1 rings (SSSR count). The molecule has 1 saturated heterocycles. The van der Waals surface area contributed by atoms with E-state index in [4.69, 9.17) is 9.47 Å². The molecule has 1 amide bonds. The number of aliphatic hydroxyl groups is 7. The Hall–Kier alpha value is -1.15. The minimum atomic E-state index is -1.66. The first-order valence-electron chi connectivity index (χ1n) is 33.1. The Morgan fingerprint density at radius 1 is 0.447 bits per heavy atom. The predicted octanol–water partition coefficient (Wildman–Crippen LogP) is 15.1. The molecule has 0 aromatic carbocycles. The van der Waals surface area contributed by atoms with Gasteiger partial charge in [-0.15, -0.1) is 0 Å². The van der Waals surface area contributed by atoms with E-state index in [1.54, 1.807) is 0 Å². The van der Waals surface area contributed by atoms with Crippen molar-refractivity contribution in [3.8, 4) is 0 Å². The van der Waals surface area contributed by atoms with E-state index in [0.29, 0.717) is 19.3 Å². The molecule has 0 aromatic rings. The summed E-state index contributed by atoms with van der Waals surface area (Å²) in [6.45, 7) is 3.51. The van der Waals surface area contributed by atoms with Gasteiger partial charge in [0.25, 0.3) is 0 Å². The van der Waals surface area contributed by atoms with Crippen LogP contribution >= 0.6 is 0 Å². The SMILES string of the molecule is CCCCCCCCCCCC/C=C\CCCCCCCCC(O)C(=O)NC(COC1OC(CO)C(O)C(O)C1O)C(O)C(O)CCCCCCCCCCCCCCCCCCCCCCCCCCCCCCC. The Balaban J connectivity index is 2.22. The van der Waals surface area contributed by atoms with Crippen molar-refractivity contribution in [2.75, 3.05) is 13.2 Å². The molecule has 1 aliphatic heterocycles. The molecule has 0 saturated carbocycles.